The molecule has 0 saturated heterocycles. The number of benzene rings is 1. The van der Waals surface area contributed by atoms with Gasteiger partial charge in [-0.25, -0.2) is 0 Å². The minimum atomic E-state index is -0.305. The smallest absolute Gasteiger partial charge is 0.251 e. The highest BCUT2D eigenvalue weighted by Gasteiger charge is 2.20. The molecule has 1 rings (SSSR count). The predicted octanol–water partition coefficient (Wildman–Crippen LogP) is 2.33. The van der Waals surface area contributed by atoms with Gasteiger partial charge in [-0.3, -0.25) is 4.79 Å². The van der Waals surface area contributed by atoms with Crippen LogP contribution in [0.15, 0.2) is 24.3 Å². The summed E-state index contributed by atoms with van der Waals surface area (Å²) in [5.41, 5.74) is 5.83. The fourth-order valence-corrected chi connectivity index (χ4v) is 1.79. The second-order valence-corrected chi connectivity index (χ2v) is 5.57. The zero-order valence-corrected chi connectivity index (χ0v) is 12.2. The molecule has 1 aromatic carbocycles. The Morgan fingerprint density at radius 1 is 1.42 bits per heavy atom. The number of rotatable bonds is 6. The number of ether oxygens (including phenoxy) is 1. The van der Waals surface area contributed by atoms with Gasteiger partial charge in [-0.15, -0.1) is 0 Å². The van der Waals surface area contributed by atoms with Crippen LogP contribution in [0.1, 0.15) is 44.5 Å². The summed E-state index contributed by atoms with van der Waals surface area (Å²) in [6.45, 7) is 8.39. The van der Waals surface area contributed by atoms with E-state index in [2.05, 4.69) is 5.32 Å². The topological polar surface area (TPSA) is 64.3 Å². The Morgan fingerprint density at radius 2 is 2.11 bits per heavy atom. The zero-order chi connectivity index (χ0) is 14.5. The maximum atomic E-state index is 12.2. The standard InChI is InChI=1S/C15H24N2O2/c1-11(2)19-13-7-5-6-12(10-13)14(18)17-15(3,4)8-9-16/h5-7,10-11H,8-9,16H2,1-4H3,(H,17,18). The van der Waals surface area contributed by atoms with E-state index in [1.807, 2.05) is 39.8 Å². The van der Waals surface area contributed by atoms with Gasteiger partial charge in [-0.05, 0) is 58.9 Å². The van der Waals surface area contributed by atoms with E-state index >= 15 is 0 Å². The first-order valence-corrected chi connectivity index (χ1v) is 6.63. The number of hydrogen-bond donors (Lipinski definition) is 2. The molecular formula is C15H24N2O2. The molecule has 0 aliphatic rings. The van der Waals surface area contributed by atoms with Crippen LogP contribution in [-0.4, -0.2) is 24.1 Å². The van der Waals surface area contributed by atoms with E-state index in [0.29, 0.717) is 17.9 Å². The molecule has 3 N–H and O–H groups in total. The van der Waals surface area contributed by atoms with Gasteiger partial charge in [0.1, 0.15) is 5.75 Å². The van der Waals surface area contributed by atoms with Crippen LogP contribution in [0.3, 0.4) is 0 Å². The molecule has 0 bridgehead atoms. The molecule has 0 saturated carbocycles. The Bertz CT molecular complexity index is 428. The third-order valence-electron chi connectivity index (χ3n) is 2.69. The van der Waals surface area contributed by atoms with Crippen molar-refractivity contribution in [1.82, 2.24) is 5.32 Å². The van der Waals surface area contributed by atoms with Crippen LogP contribution in [0.25, 0.3) is 0 Å². The number of amides is 1. The average molecular weight is 264 g/mol. The lowest BCUT2D eigenvalue weighted by Crippen LogP contribution is -2.44. The molecule has 19 heavy (non-hydrogen) atoms. The summed E-state index contributed by atoms with van der Waals surface area (Å²) in [5.74, 6) is 0.604. The molecule has 0 aliphatic carbocycles. The molecule has 0 unspecified atom stereocenters. The second-order valence-electron chi connectivity index (χ2n) is 5.57. The van der Waals surface area contributed by atoms with Crippen LogP contribution < -0.4 is 15.8 Å². The number of nitrogens with two attached hydrogens (primary N) is 1. The molecule has 0 aliphatic heterocycles. The van der Waals surface area contributed by atoms with Gasteiger partial charge in [0.15, 0.2) is 0 Å². The first-order valence-electron chi connectivity index (χ1n) is 6.63. The van der Waals surface area contributed by atoms with Crippen LogP contribution in [0, 0.1) is 0 Å². The molecule has 1 amide bonds. The van der Waals surface area contributed by atoms with Gasteiger partial charge in [0.25, 0.3) is 5.91 Å². The highest BCUT2D eigenvalue weighted by atomic mass is 16.5. The van der Waals surface area contributed by atoms with Crippen molar-refractivity contribution in [2.75, 3.05) is 6.54 Å². The average Bonchev–Trinajstić information content (AvgIpc) is 2.27. The Hall–Kier alpha value is -1.55. The second kappa shape index (κ2) is 6.57. The maximum Gasteiger partial charge on any atom is 0.251 e. The Labute approximate surface area is 115 Å². The molecule has 4 heteroatoms. The van der Waals surface area contributed by atoms with E-state index in [1.54, 1.807) is 12.1 Å². The summed E-state index contributed by atoms with van der Waals surface area (Å²) in [4.78, 5) is 12.2. The van der Waals surface area contributed by atoms with Crippen molar-refractivity contribution in [1.29, 1.82) is 0 Å². The first kappa shape index (κ1) is 15.5. The normalized spacial score (nSPS) is 11.5. The van der Waals surface area contributed by atoms with Gasteiger partial charge >= 0.3 is 0 Å². The summed E-state index contributed by atoms with van der Waals surface area (Å²) in [5, 5.41) is 2.98. The van der Waals surface area contributed by atoms with E-state index < -0.39 is 0 Å². The van der Waals surface area contributed by atoms with Crippen LogP contribution in [-0.2, 0) is 0 Å². The van der Waals surface area contributed by atoms with Gasteiger partial charge in [-0.1, -0.05) is 6.07 Å². The Kier molecular flexibility index (Phi) is 5.36. The summed E-state index contributed by atoms with van der Waals surface area (Å²) in [7, 11) is 0. The monoisotopic (exact) mass is 264 g/mol. The highest BCUT2D eigenvalue weighted by molar-refractivity contribution is 5.95. The van der Waals surface area contributed by atoms with E-state index in [0.717, 1.165) is 6.42 Å². The van der Waals surface area contributed by atoms with Gasteiger partial charge in [0, 0.05) is 11.1 Å². The number of carbonyl (C=O) groups is 1. The van der Waals surface area contributed by atoms with Crippen molar-refractivity contribution < 1.29 is 9.53 Å². The van der Waals surface area contributed by atoms with Gasteiger partial charge in [-0.2, -0.15) is 0 Å². The van der Waals surface area contributed by atoms with Crippen LogP contribution >= 0.6 is 0 Å². The van der Waals surface area contributed by atoms with E-state index in [9.17, 15) is 4.79 Å². The maximum absolute atomic E-state index is 12.2. The molecule has 0 radical (unpaired) electrons. The molecule has 0 heterocycles. The minimum Gasteiger partial charge on any atom is -0.491 e. The SMILES string of the molecule is CC(C)Oc1cccc(C(=O)NC(C)(C)CCN)c1. The van der Waals surface area contributed by atoms with Crippen molar-refractivity contribution >= 4 is 5.91 Å². The van der Waals surface area contributed by atoms with Gasteiger partial charge in [0.2, 0.25) is 0 Å². The molecular weight excluding hydrogens is 240 g/mol. The van der Waals surface area contributed by atoms with Gasteiger partial charge in [0.05, 0.1) is 6.10 Å². The van der Waals surface area contributed by atoms with Crippen molar-refractivity contribution in [3.8, 4) is 5.75 Å². The van der Waals surface area contributed by atoms with E-state index in [-0.39, 0.29) is 17.6 Å². The lowest BCUT2D eigenvalue weighted by molar-refractivity contribution is 0.0909. The predicted molar refractivity (Wildman–Crippen MR) is 77.4 cm³/mol. The molecule has 4 nitrogen and oxygen atoms in total. The molecule has 0 spiro atoms. The number of carbonyl (C=O) groups excluding carboxylic acids is 1. The van der Waals surface area contributed by atoms with E-state index in [1.165, 1.54) is 0 Å². The molecule has 106 valence electrons. The molecule has 1 aromatic rings. The van der Waals surface area contributed by atoms with Crippen molar-refractivity contribution in [3.63, 3.8) is 0 Å². The summed E-state index contributed by atoms with van der Waals surface area (Å²) < 4.78 is 5.58. The highest BCUT2D eigenvalue weighted by Crippen LogP contribution is 2.16. The summed E-state index contributed by atoms with van der Waals surface area (Å²) in [6, 6.07) is 7.21. The summed E-state index contributed by atoms with van der Waals surface area (Å²) in [6.07, 6.45) is 0.827. The fourth-order valence-electron chi connectivity index (χ4n) is 1.79. The van der Waals surface area contributed by atoms with Crippen LogP contribution in [0.5, 0.6) is 5.75 Å². The third-order valence-corrected chi connectivity index (χ3v) is 2.69. The third kappa shape index (κ3) is 5.30. The zero-order valence-electron chi connectivity index (χ0n) is 12.2. The fraction of sp³-hybridized carbons (Fsp3) is 0.533. The Balaban J connectivity index is 2.77. The quantitative estimate of drug-likeness (QED) is 0.829. The van der Waals surface area contributed by atoms with E-state index in [4.69, 9.17) is 10.5 Å². The minimum absolute atomic E-state index is 0.0898. The van der Waals surface area contributed by atoms with Gasteiger partial charge < -0.3 is 15.8 Å². The molecule has 0 aromatic heterocycles. The lowest BCUT2D eigenvalue weighted by Gasteiger charge is -2.25. The largest absolute Gasteiger partial charge is 0.491 e. The van der Waals surface area contributed by atoms with Crippen LogP contribution in [0.4, 0.5) is 0 Å². The Morgan fingerprint density at radius 3 is 2.68 bits per heavy atom. The van der Waals surface area contributed by atoms with Crippen molar-refractivity contribution in [2.24, 2.45) is 5.73 Å². The first-order chi connectivity index (χ1) is 8.84. The lowest BCUT2D eigenvalue weighted by atomic mass is 10.00. The summed E-state index contributed by atoms with van der Waals surface area (Å²) >= 11 is 0. The molecule has 0 fully saturated rings. The van der Waals surface area contributed by atoms with Crippen molar-refractivity contribution in [2.45, 2.75) is 45.8 Å². The molecule has 0 atom stereocenters. The van der Waals surface area contributed by atoms with Crippen LogP contribution in [0.2, 0.25) is 0 Å². The number of nitrogens with one attached hydrogen (secondary N) is 1. The van der Waals surface area contributed by atoms with Crippen molar-refractivity contribution in [3.05, 3.63) is 29.8 Å². The number of hydrogen-bond acceptors (Lipinski definition) is 3.